The van der Waals surface area contributed by atoms with Crippen LogP contribution in [-0.2, 0) is 0 Å². The first-order chi connectivity index (χ1) is 10.3. The van der Waals surface area contributed by atoms with Crippen LogP contribution in [0.15, 0.2) is 64.8 Å². The van der Waals surface area contributed by atoms with Gasteiger partial charge in [-0.25, -0.2) is 9.97 Å². The Hall–Kier alpha value is -2.53. The molecule has 0 saturated heterocycles. The predicted octanol–water partition coefficient (Wildman–Crippen LogP) is 3.84. The van der Waals surface area contributed by atoms with Crippen LogP contribution in [0.2, 0.25) is 0 Å². The van der Waals surface area contributed by atoms with Crippen LogP contribution in [0, 0.1) is 0 Å². The van der Waals surface area contributed by atoms with Crippen LogP contribution >= 0.6 is 11.8 Å². The average molecular weight is 292 g/mol. The molecule has 2 aromatic heterocycles. The van der Waals surface area contributed by atoms with E-state index in [1.807, 2.05) is 54.6 Å². The summed E-state index contributed by atoms with van der Waals surface area (Å²) in [6.07, 6.45) is 0. The molecule has 4 aromatic rings. The number of aromatic amines is 1. The molecule has 5 heteroatoms. The summed E-state index contributed by atoms with van der Waals surface area (Å²) < 4.78 is 0. The molecule has 0 unspecified atom stereocenters. The van der Waals surface area contributed by atoms with E-state index in [0.717, 1.165) is 37.8 Å². The number of hydrogen-bond acceptors (Lipinski definition) is 4. The van der Waals surface area contributed by atoms with Gasteiger partial charge in [0.2, 0.25) is 0 Å². The number of pyridine rings is 1. The van der Waals surface area contributed by atoms with Crippen molar-refractivity contribution in [2.45, 2.75) is 10.2 Å². The molecule has 0 atom stereocenters. The van der Waals surface area contributed by atoms with Crippen LogP contribution < -0.4 is 5.73 Å². The standard InChI is InChI=1S/C16H12N4S/c17-11-6-7-12-10(9-11)5-8-15(18-12)21-16-19-13-3-1-2-4-14(13)20-16/h1-9H,17H2,(H,19,20). The second-order valence-corrected chi connectivity index (χ2v) is 5.77. The van der Waals surface area contributed by atoms with Crippen LogP contribution in [-0.4, -0.2) is 15.0 Å². The summed E-state index contributed by atoms with van der Waals surface area (Å²) in [6.45, 7) is 0. The quantitative estimate of drug-likeness (QED) is 0.551. The summed E-state index contributed by atoms with van der Waals surface area (Å²) in [5.74, 6) is 0. The first-order valence-electron chi connectivity index (χ1n) is 6.57. The van der Waals surface area contributed by atoms with E-state index in [0.29, 0.717) is 0 Å². The number of rotatable bonds is 2. The molecule has 2 heterocycles. The third-order valence-corrected chi connectivity index (χ3v) is 4.08. The Kier molecular flexibility index (Phi) is 2.79. The van der Waals surface area contributed by atoms with Gasteiger partial charge in [-0.2, -0.15) is 0 Å². The van der Waals surface area contributed by atoms with Gasteiger partial charge < -0.3 is 10.7 Å². The molecule has 0 bridgehead atoms. The summed E-state index contributed by atoms with van der Waals surface area (Å²) in [5.41, 5.74) is 9.47. The first-order valence-corrected chi connectivity index (χ1v) is 7.38. The third-order valence-electron chi connectivity index (χ3n) is 3.26. The van der Waals surface area contributed by atoms with Gasteiger partial charge in [0.25, 0.3) is 0 Å². The lowest BCUT2D eigenvalue weighted by Gasteiger charge is -2.01. The van der Waals surface area contributed by atoms with E-state index in [1.54, 1.807) is 0 Å². The van der Waals surface area contributed by atoms with E-state index in [1.165, 1.54) is 11.8 Å². The number of nitrogens with zero attached hydrogens (tertiary/aromatic N) is 2. The Morgan fingerprint density at radius 2 is 1.81 bits per heavy atom. The first kappa shape index (κ1) is 12.2. The van der Waals surface area contributed by atoms with E-state index < -0.39 is 0 Å². The van der Waals surface area contributed by atoms with Crippen molar-refractivity contribution in [1.29, 1.82) is 0 Å². The Balaban J connectivity index is 1.71. The Morgan fingerprint density at radius 1 is 0.905 bits per heavy atom. The largest absolute Gasteiger partial charge is 0.399 e. The minimum Gasteiger partial charge on any atom is -0.399 e. The van der Waals surface area contributed by atoms with Gasteiger partial charge in [-0.1, -0.05) is 18.2 Å². The third kappa shape index (κ3) is 2.32. The van der Waals surface area contributed by atoms with Gasteiger partial charge in [0.05, 0.1) is 16.6 Å². The van der Waals surface area contributed by atoms with E-state index >= 15 is 0 Å². The van der Waals surface area contributed by atoms with Crippen LogP contribution in [0.3, 0.4) is 0 Å². The van der Waals surface area contributed by atoms with Gasteiger partial charge in [-0.3, -0.25) is 0 Å². The molecule has 0 spiro atoms. The number of aromatic nitrogens is 3. The predicted molar refractivity (Wildman–Crippen MR) is 86.4 cm³/mol. The lowest BCUT2D eigenvalue weighted by atomic mass is 10.2. The number of anilines is 1. The zero-order valence-electron chi connectivity index (χ0n) is 11.1. The maximum Gasteiger partial charge on any atom is 0.172 e. The minimum absolute atomic E-state index is 0.752. The highest BCUT2D eigenvalue weighted by molar-refractivity contribution is 7.99. The molecule has 0 fully saturated rings. The molecule has 102 valence electrons. The zero-order valence-corrected chi connectivity index (χ0v) is 11.9. The number of nitrogens with one attached hydrogen (secondary N) is 1. The number of nitrogens with two attached hydrogens (primary N) is 1. The van der Waals surface area contributed by atoms with Crippen molar-refractivity contribution < 1.29 is 0 Å². The number of fused-ring (bicyclic) bond motifs is 2. The van der Waals surface area contributed by atoms with Gasteiger partial charge >= 0.3 is 0 Å². The van der Waals surface area contributed by atoms with Crippen molar-refractivity contribution in [3.63, 3.8) is 0 Å². The Bertz CT molecular complexity index is 912. The molecule has 3 N–H and O–H groups in total. The van der Waals surface area contributed by atoms with Crippen molar-refractivity contribution in [2.24, 2.45) is 0 Å². The Morgan fingerprint density at radius 3 is 2.71 bits per heavy atom. The molecule has 4 nitrogen and oxygen atoms in total. The fourth-order valence-corrected chi connectivity index (χ4v) is 3.04. The summed E-state index contributed by atoms with van der Waals surface area (Å²) in [6, 6.07) is 17.7. The Labute approximate surface area is 125 Å². The van der Waals surface area contributed by atoms with E-state index in [4.69, 9.17) is 5.73 Å². The van der Waals surface area contributed by atoms with Gasteiger partial charge in [0.15, 0.2) is 5.16 Å². The van der Waals surface area contributed by atoms with Gasteiger partial charge in [-0.15, -0.1) is 0 Å². The molecule has 0 radical (unpaired) electrons. The van der Waals surface area contributed by atoms with Crippen LogP contribution in [0.1, 0.15) is 0 Å². The van der Waals surface area contributed by atoms with Gasteiger partial charge in [0, 0.05) is 11.1 Å². The number of hydrogen-bond donors (Lipinski definition) is 2. The van der Waals surface area contributed by atoms with Crippen molar-refractivity contribution >= 4 is 39.4 Å². The lowest BCUT2D eigenvalue weighted by molar-refractivity contribution is 1.07. The number of benzene rings is 2. The molecule has 21 heavy (non-hydrogen) atoms. The molecule has 4 rings (SSSR count). The highest BCUT2D eigenvalue weighted by atomic mass is 32.2. The van der Waals surface area contributed by atoms with Gasteiger partial charge in [0.1, 0.15) is 5.03 Å². The molecule has 0 aliphatic heterocycles. The molecule has 0 aliphatic carbocycles. The van der Waals surface area contributed by atoms with E-state index in [-0.39, 0.29) is 0 Å². The summed E-state index contributed by atoms with van der Waals surface area (Å²) in [5, 5.41) is 2.80. The fraction of sp³-hybridized carbons (Fsp3) is 0. The monoisotopic (exact) mass is 292 g/mol. The van der Waals surface area contributed by atoms with Crippen LogP contribution in [0.4, 0.5) is 5.69 Å². The molecular weight excluding hydrogens is 280 g/mol. The normalized spacial score (nSPS) is 11.2. The SMILES string of the molecule is Nc1ccc2nc(Sc3nc4ccccc4[nH]3)ccc2c1. The number of nitrogen functional groups attached to an aromatic ring is 1. The van der Waals surface area contributed by atoms with Crippen molar-refractivity contribution in [2.75, 3.05) is 5.73 Å². The van der Waals surface area contributed by atoms with Gasteiger partial charge in [-0.05, 0) is 48.2 Å². The van der Waals surface area contributed by atoms with E-state index in [9.17, 15) is 0 Å². The highest BCUT2D eigenvalue weighted by Crippen LogP contribution is 2.27. The van der Waals surface area contributed by atoms with Crippen molar-refractivity contribution in [1.82, 2.24) is 15.0 Å². The number of imidazole rings is 1. The molecule has 0 saturated carbocycles. The molecule has 0 amide bonds. The lowest BCUT2D eigenvalue weighted by Crippen LogP contribution is -1.87. The minimum atomic E-state index is 0.752. The van der Waals surface area contributed by atoms with Crippen molar-refractivity contribution in [3.8, 4) is 0 Å². The average Bonchev–Trinajstić information content (AvgIpc) is 2.89. The topological polar surface area (TPSA) is 67.6 Å². The summed E-state index contributed by atoms with van der Waals surface area (Å²) >= 11 is 1.52. The zero-order chi connectivity index (χ0) is 14.2. The second-order valence-electron chi connectivity index (χ2n) is 4.76. The number of para-hydroxylation sites is 2. The molecule has 0 aliphatic rings. The maximum absolute atomic E-state index is 5.78. The van der Waals surface area contributed by atoms with Crippen LogP contribution in [0.25, 0.3) is 21.9 Å². The summed E-state index contributed by atoms with van der Waals surface area (Å²) in [7, 11) is 0. The van der Waals surface area contributed by atoms with Crippen molar-refractivity contribution in [3.05, 3.63) is 54.6 Å². The van der Waals surface area contributed by atoms with Crippen LogP contribution in [0.5, 0.6) is 0 Å². The fourth-order valence-electron chi connectivity index (χ4n) is 2.26. The highest BCUT2D eigenvalue weighted by Gasteiger charge is 2.06. The molecule has 2 aromatic carbocycles. The smallest absolute Gasteiger partial charge is 0.172 e. The maximum atomic E-state index is 5.78. The molecular formula is C16H12N4S. The number of H-pyrrole nitrogens is 1. The van der Waals surface area contributed by atoms with E-state index in [2.05, 4.69) is 15.0 Å². The summed E-state index contributed by atoms with van der Waals surface area (Å²) in [4.78, 5) is 12.5. The second kappa shape index (κ2) is 4.79.